The number of hydrogen-bond donors (Lipinski definition) is 1. The first-order valence-electron chi connectivity index (χ1n) is 8.77. The van der Waals surface area contributed by atoms with Gasteiger partial charge in [-0.2, -0.15) is 0 Å². The van der Waals surface area contributed by atoms with Crippen LogP contribution >= 0.6 is 0 Å². The fraction of sp³-hybridized carbons (Fsp3) is 0.350. The molecule has 0 atom stereocenters. The molecule has 0 amide bonds. The van der Waals surface area contributed by atoms with Gasteiger partial charge in [-0.05, 0) is 62.1 Å². The van der Waals surface area contributed by atoms with E-state index in [0.29, 0.717) is 25.1 Å². The van der Waals surface area contributed by atoms with Gasteiger partial charge < -0.3 is 9.47 Å². The molecule has 0 aliphatic rings. The second kappa shape index (κ2) is 9.53. The van der Waals surface area contributed by atoms with Crippen molar-refractivity contribution in [3.05, 3.63) is 59.2 Å². The Labute approximate surface area is 160 Å². The van der Waals surface area contributed by atoms with Gasteiger partial charge in [0, 0.05) is 6.54 Å². The number of hydrogen-bond acceptors (Lipinski definition) is 5. The standard InChI is InChI=1S/C20H25NO5S/c1-4-26-17-10-8-16(9-11-17)6-5-13-21-27(23,24)18-12-7-15(2)19(14-18)20(22)25-3/h7-12,14,21H,4-6,13H2,1-3H3. The first kappa shape index (κ1) is 20.9. The second-order valence-corrected chi connectivity index (χ2v) is 7.81. The molecule has 2 aromatic rings. The molecular formula is C20H25NO5S. The number of sulfonamides is 1. The summed E-state index contributed by atoms with van der Waals surface area (Å²) in [5.41, 5.74) is 2.02. The number of ether oxygens (including phenoxy) is 2. The Kier molecular flexibility index (Phi) is 7.38. The number of aryl methyl sites for hydroxylation is 2. The van der Waals surface area contributed by atoms with Crippen LogP contribution in [-0.4, -0.2) is 34.6 Å². The maximum Gasteiger partial charge on any atom is 0.338 e. The fourth-order valence-electron chi connectivity index (χ4n) is 2.60. The van der Waals surface area contributed by atoms with E-state index in [-0.39, 0.29) is 10.5 Å². The molecule has 2 aromatic carbocycles. The topological polar surface area (TPSA) is 81.7 Å². The molecule has 27 heavy (non-hydrogen) atoms. The van der Waals surface area contributed by atoms with E-state index in [0.717, 1.165) is 17.7 Å². The molecule has 0 fully saturated rings. The number of benzene rings is 2. The molecule has 0 aliphatic heterocycles. The predicted octanol–water partition coefficient (Wildman–Crippen LogP) is 3.09. The molecule has 6 nitrogen and oxygen atoms in total. The van der Waals surface area contributed by atoms with E-state index in [1.165, 1.54) is 19.2 Å². The zero-order valence-electron chi connectivity index (χ0n) is 15.8. The third kappa shape index (κ3) is 5.80. The Morgan fingerprint density at radius 2 is 1.81 bits per heavy atom. The SMILES string of the molecule is CCOc1ccc(CCCNS(=O)(=O)c2ccc(C)c(C(=O)OC)c2)cc1. The maximum absolute atomic E-state index is 12.5. The predicted molar refractivity (Wildman–Crippen MR) is 104 cm³/mol. The molecule has 7 heteroatoms. The van der Waals surface area contributed by atoms with Crippen LogP contribution in [0, 0.1) is 6.92 Å². The first-order valence-corrected chi connectivity index (χ1v) is 10.3. The summed E-state index contributed by atoms with van der Waals surface area (Å²) in [7, 11) is -2.42. The third-order valence-electron chi connectivity index (χ3n) is 4.09. The lowest BCUT2D eigenvalue weighted by molar-refractivity contribution is 0.0599. The molecule has 0 spiro atoms. The second-order valence-electron chi connectivity index (χ2n) is 6.05. The smallest absolute Gasteiger partial charge is 0.338 e. The van der Waals surface area contributed by atoms with E-state index in [9.17, 15) is 13.2 Å². The van der Waals surface area contributed by atoms with Crippen molar-refractivity contribution in [3.63, 3.8) is 0 Å². The zero-order valence-corrected chi connectivity index (χ0v) is 16.6. The van der Waals surface area contributed by atoms with Crippen molar-refractivity contribution in [2.45, 2.75) is 31.6 Å². The molecule has 0 radical (unpaired) electrons. The Morgan fingerprint density at radius 1 is 1.11 bits per heavy atom. The Morgan fingerprint density at radius 3 is 2.44 bits per heavy atom. The van der Waals surface area contributed by atoms with Crippen LogP contribution < -0.4 is 9.46 Å². The van der Waals surface area contributed by atoms with Gasteiger partial charge in [0.25, 0.3) is 0 Å². The van der Waals surface area contributed by atoms with Crippen LogP contribution in [0.15, 0.2) is 47.4 Å². The quantitative estimate of drug-likeness (QED) is 0.525. The summed E-state index contributed by atoms with van der Waals surface area (Å²) in [5, 5.41) is 0. The van der Waals surface area contributed by atoms with Crippen molar-refractivity contribution in [2.75, 3.05) is 20.3 Å². The number of carbonyl (C=O) groups excluding carboxylic acids is 1. The van der Waals surface area contributed by atoms with Gasteiger partial charge in [-0.15, -0.1) is 0 Å². The van der Waals surface area contributed by atoms with Gasteiger partial charge in [0.15, 0.2) is 0 Å². The average molecular weight is 391 g/mol. The molecule has 0 bridgehead atoms. The summed E-state index contributed by atoms with van der Waals surface area (Å²) < 4.78 is 37.6. The summed E-state index contributed by atoms with van der Waals surface area (Å²) >= 11 is 0. The van der Waals surface area contributed by atoms with Crippen LogP contribution in [0.3, 0.4) is 0 Å². The van der Waals surface area contributed by atoms with Crippen LogP contribution in [0.25, 0.3) is 0 Å². The van der Waals surface area contributed by atoms with E-state index in [1.807, 2.05) is 31.2 Å². The Bertz CT molecular complexity index is 876. The molecule has 0 aliphatic carbocycles. The van der Waals surface area contributed by atoms with Gasteiger partial charge in [-0.1, -0.05) is 18.2 Å². The highest BCUT2D eigenvalue weighted by molar-refractivity contribution is 7.89. The van der Waals surface area contributed by atoms with E-state index in [1.54, 1.807) is 13.0 Å². The third-order valence-corrected chi connectivity index (χ3v) is 5.55. The molecule has 0 aromatic heterocycles. The summed E-state index contributed by atoms with van der Waals surface area (Å²) in [6.45, 7) is 4.59. The molecule has 2 rings (SSSR count). The summed E-state index contributed by atoms with van der Waals surface area (Å²) in [5.74, 6) is 0.266. The lowest BCUT2D eigenvalue weighted by Gasteiger charge is -2.10. The lowest BCUT2D eigenvalue weighted by atomic mass is 10.1. The Hall–Kier alpha value is -2.38. The van der Waals surface area contributed by atoms with Crippen LogP contribution in [-0.2, 0) is 21.2 Å². The van der Waals surface area contributed by atoms with E-state index >= 15 is 0 Å². The minimum absolute atomic E-state index is 0.0505. The zero-order chi connectivity index (χ0) is 19.9. The summed E-state index contributed by atoms with van der Waals surface area (Å²) in [6, 6.07) is 12.2. The van der Waals surface area contributed by atoms with Crippen molar-refractivity contribution < 1.29 is 22.7 Å². The van der Waals surface area contributed by atoms with Gasteiger partial charge in [0.2, 0.25) is 10.0 Å². The molecule has 0 unspecified atom stereocenters. The molecule has 0 heterocycles. The largest absolute Gasteiger partial charge is 0.494 e. The average Bonchev–Trinajstić information content (AvgIpc) is 2.66. The molecule has 0 saturated carbocycles. The van der Waals surface area contributed by atoms with Gasteiger partial charge in [-0.25, -0.2) is 17.9 Å². The van der Waals surface area contributed by atoms with Gasteiger partial charge >= 0.3 is 5.97 Å². The number of methoxy groups -OCH3 is 1. The van der Waals surface area contributed by atoms with Gasteiger partial charge in [0.05, 0.1) is 24.2 Å². The highest BCUT2D eigenvalue weighted by Crippen LogP contribution is 2.17. The van der Waals surface area contributed by atoms with Crippen LogP contribution in [0.1, 0.15) is 34.8 Å². The molecular weight excluding hydrogens is 366 g/mol. The van der Waals surface area contributed by atoms with Crippen LogP contribution in [0.2, 0.25) is 0 Å². The van der Waals surface area contributed by atoms with Crippen molar-refractivity contribution in [1.82, 2.24) is 4.72 Å². The molecule has 0 saturated heterocycles. The first-order chi connectivity index (χ1) is 12.9. The highest BCUT2D eigenvalue weighted by atomic mass is 32.2. The lowest BCUT2D eigenvalue weighted by Crippen LogP contribution is -2.25. The van der Waals surface area contributed by atoms with Crippen molar-refractivity contribution in [2.24, 2.45) is 0 Å². The fourth-order valence-corrected chi connectivity index (χ4v) is 3.70. The molecule has 146 valence electrons. The minimum atomic E-state index is -3.69. The van der Waals surface area contributed by atoms with Crippen molar-refractivity contribution in [3.8, 4) is 5.75 Å². The minimum Gasteiger partial charge on any atom is -0.494 e. The van der Waals surface area contributed by atoms with E-state index in [4.69, 9.17) is 9.47 Å². The van der Waals surface area contributed by atoms with Crippen LogP contribution in [0.5, 0.6) is 5.75 Å². The number of esters is 1. The summed E-state index contributed by atoms with van der Waals surface area (Å²) in [4.78, 5) is 11.8. The van der Waals surface area contributed by atoms with Gasteiger partial charge in [0.1, 0.15) is 5.75 Å². The van der Waals surface area contributed by atoms with E-state index in [2.05, 4.69) is 4.72 Å². The number of carbonyl (C=O) groups is 1. The van der Waals surface area contributed by atoms with Crippen LogP contribution in [0.4, 0.5) is 0 Å². The van der Waals surface area contributed by atoms with Crippen molar-refractivity contribution >= 4 is 16.0 Å². The number of nitrogens with one attached hydrogen (secondary N) is 1. The maximum atomic E-state index is 12.5. The Balaban J connectivity index is 1.94. The highest BCUT2D eigenvalue weighted by Gasteiger charge is 2.18. The monoisotopic (exact) mass is 391 g/mol. The van der Waals surface area contributed by atoms with E-state index < -0.39 is 16.0 Å². The molecule has 1 N–H and O–H groups in total. The normalized spacial score (nSPS) is 11.2. The van der Waals surface area contributed by atoms with Gasteiger partial charge in [-0.3, -0.25) is 0 Å². The van der Waals surface area contributed by atoms with Crippen molar-refractivity contribution in [1.29, 1.82) is 0 Å². The number of rotatable bonds is 9. The summed E-state index contributed by atoms with van der Waals surface area (Å²) in [6.07, 6.45) is 1.40.